The third-order valence-electron chi connectivity index (χ3n) is 3.75. The largest absolute Gasteiger partial charge is 0.383 e. The van der Waals surface area contributed by atoms with Crippen molar-refractivity contribution in [1.82, 2.24) is 14.5 Å². The Bertz CT molecular complexity index is 1180. The fourth-order valence-corrected chi connectivity index (χ4v) is 2.54. The monoisotopic (exact) mass is 338 g/mol. The van der Waals surface area contributed by atoms with Gasteiger partial charge in [-0.05, 0) is 17.7 Å². The number of H-pyrrole nitrogens is 1. The summed E-state index contributed by atoms with van der Waals surface area (Å²) in [7, 11) is 1.40. The Balaban J connectivity index is 2.50. The number of nitro groups is 1. The number of aromatic amines is 1. The molecule has 0 saturated carbocycles. The first-order valence-corrected chi connectivity index (χ1v) is 6.92. The molecule has 0 aliphatic carbocycles. The van der Waals surface area contributed by atoms with Gasteiger partial charge in [0.2, 0.25) is 0 Å². The van der Waals surface area contributed by atoms with Crippen LogP contribution in [0.25, 0.3) is 22.2 Å². The zero-order chi connectivity index (χ0) is 18.3. The van der Waals surface area contributed by atoms with Gasteiger partial charge in [-0.1, -0.05) is 0 Å². The molecule has 0 amide bonds. The minimum atomic E-state index is -0.726. The lowest BCUT2D eigenvalue weighted by molar-refractivity contribution is -0.384. The molecule has 0 radical (unpaired) electrons. The van der Waals surface area contributed by atoms with E-state index in [4.69, 9.17) is 5.73 Å². The molecular formula is C15H10N6O4. The Morgan fingerprint density at radius 3 is 2.52 bits per heavy atom. The van der Waals surface area contributed by atoms with Crippen LogP contribution in [-0.4, -0.2) is 19.5 Å². The van der Waals surface area contributed by atoms with Crippen LogP contribution in [0.15, 0.2) is 33.9 Å². The van der Waals surface area contributed by atoms with Gasteiger partial charge in [0, 0.05) is 24.7 Å². The highest BCUT2D eigenvalue weighted by molar-refractivity contribution is 5.97. The minimum absolute atomic E-state index is 0.00158. The number of non-ortho nitro benzene ring substituents is 1. The maximum absolute atomic E-state index is 12.3. The molecule has 3 aromatic rings. The minimum Gasteiger partial charge on any atom is -0.383 e. The molecule has 3 rings (SSSR count). The molecule has 0 aliphatic heterocycles. The lowest BCUT2D eigenvalue weighted by Gasteiger charge is -2.12. The van der Waals surface area contributed by atoms with Crippen LogP contribution in [-0.2, 0) is 7.05 Å². The first kappa shape index (κ1) is 15.9. The zero-order valence-corrected chi connectivity index (χ0v) is 12.8. The number of nitriles is 1. The van der Waals surface area contributed by atoms with Crippen LogP contribution in [0, 0.1) is 21.4 Å². The van der Waals surface area contributed by atoms with E-state index in [1.807, 2.05) is 6.07 Å². The van der Waals surface area contributed by atoms with Gasteiger partial charge < -0.3 is 5.73 Å². The predicted octanol–water partition coefficient (Wildman–Crippen LogP) is 0.651. The average molecular weight is 338 g/mol. The van der Waals surface area contributed by atoms with E-state index >= 15 is 0 Å². The van der Waals surface area contributed by atoms with Crippen LogP contribution in [0.2, 0.25) is 0 Å². The number of anilines is 1. The number of hydrogen-bond acceptors (Lipinski definition) is 7. The van der Waals surface area contributed by atoms with Gasteiger partial charge in [-0.3, -0.25) is 24.5 Å². The number of nitrogen functional groups attached to an aromatic ring is 1. The molecule has 2 aromatic heterocycles. The molecule has 0 saturated heterocycles. The van der Waals surface area contributed by atoms with Gasteiger partial charge in [0.15, 0.2) is 5.65 Å². The van der Waals surface area contributed by atoms with E-state index in [9.17, 15) is 25.0 Å². The van der Waals surface area contributed by atoms with Crippen LogP contribution >= 0.6 is 0 Å². The summed E-state index contributed by atoms with van der Waals surface area (Å²) in [4.78, 5) is 40.5. The second-order valence-corrected chi connectivity index (χ2v) is 5.18. The van der Waals surface area contributed by atoms with Gasteiger partial charge >= 0.3 is 5.69 Å². The molecule has 0 bridgehead atoms. The number of aryl methyl sites for hydroxylation is 1. The van der Waals surface area contributed by atoms with Gasteiger partial charge in [0.1, 0.15) is 17.5 Å². The van der Waals surface area contributed by atoms with Gasteiger partial charge in [0.05, 0.1) is 10.3 Å². The topological polar surface area (TPSA) is 161 Å². The molecular weight excluding hydrogens is 328 g/mol. The maximum atomic E-state index is 12.3. The molecule has 0 fully saturated rings. The number of nitro benzene ring substituents is 1. The van der Waals surface area contributed by atoms with Crippen LogP contribution < -0.4 is 17.0 Å². The molecule has 10 heteroatoms. The number of pyridine rings is 1. The van der Waals surface area contributed by atoms with Gasteiger partial charge in [-0.15, -0.1) is 0 Å². The molecule has 0 aliphatic rings. The summed E-state index contributed by atoms with van der Waals surface area (Å²) in [6.07, 6.45) is 0. The zero-order valence-electron chi connectivity index (χ0n) is 12.8. The fraction of sp³-hybridized carbons (Fsp3) is 0.0667. The Labute approximate surface area is 138 Å². The maximum Gasteiger partial charge on any atom is 0.329 e. The predicted molar refractivity (Wildman–Crippen MR) is 88.8 cm³/mol. The number of aromatic nitrogens is 3. The Kier molecular flexibility index (Phi) is 3.54. The SMILES string of the molecule is Cn1c(=O)[nH]c(=O)c2c(-c3ccc([N+](=O)[O-])cc3)c(C#N)c(N)nc21. The summed E-state index contributed by atoms with van der Waals surface area (Å²) < 4.78 is 1.10. The Morgan fingerprint density at radius 1 is 1.32 bits per heavy atom. The summed E-state index contributed by atoms with van der Waals surface area (Å²) in [6, 6.07) is 7.18. The first-order valence-electron chi connectivity index (χ1n) is 6.92. The van der Waals surface area contributed by atoms with Crippen LogP contribution in [0.4, 0.5) is 11.5 Å². The highest BCUT2D eigenvalue weighted by Crippen LogP contribution is 2.32. The lowest BCUT2D eigenvalue weighted by atomic mass is 9.97. The summed E-state index contributed by atoms with van der Waals surface area (Å²) in [6.45, 7) is 0. The van der Waals surface area contributed by atoms with Crippen molar-refractivity contribution in [2.45, 2.75) is 0 Å². The number of hydrogen-bond donors (Lipinski definition) is 2. The van der Waals surface area contributed by atoms with E-state index in [1.165, 1.54) is 31.3 Å². The number of fused-ring (bicyclic) bond motifs is 1. The van der Waals surface area contributed by atoms with E-state index in [0.29, 0.717) is 5.56 Å². The van der Waals surface area contributed by atoms with E-state index in [-0.39, 0.29) is 33.7 Å². The third kappa shape index (κ3) is 2.40. The second kappa shape index (κ2) is 5.57. The summed E-state index contributed by atoms with van der Waals surface area (Å²) >= 11 is 0. The Morgan fingerprint density at radius 2 is 1.96 bits per heavy atom. The first-order chi connectivity index (χ1) is 11.8. The second-order valence-electron chi connectivity index (χ2n) is 5.18. The van der Waals surface area contributed by atoms with Crippen molar-refractivity contribution in [1.29, 1.82) is 5.26 Å². The normalized spacial score (nSPS) is 10.6. The van der Waals surface area contributed by atoms with E-state index < -0.39 is 16.2 Å². The highest BCUT2D eigenvalue weighted by atomic mass is 16.6. The number of benzene rings is 1. The molecule has 0 spiro atoms. The van der Waals surface area contributed by atoms with Crippen molar-refractivity contribution >= 4 is 22.5 Å². The average Bonchev–Trinajstić information content (AvgIpc) is 2.58. The molecule has 3 N–H and O–H groups in total. The van der Waals surface area contributed by atoms with Crippen LogP contribution in [0.3, 0.4) is 0 Å². The summed E-state index contributed by atoms with van der Waals surface area (Å²) in [5.41, 5.74) is 4.76. The molecule has 25 heavy (non-hydrogen) atoms. The molecule has 0 atom stereocenters. The van der Waals surface area contributed by atoms with Gasteiger partial charge in [-0.25, -0.2) is 9.78 Å². The van der Waals surface area contributed by atoms with Crippen molar-refractivity contribution in [3.63, 3.8) is 0 Å². The highest BCUT2D eigenvalue weighted by Gasteiger charge is 2.20. The van der Waals surface area contributed by atoms with Crippen molar-refractivity contribution in [3.8, 4) is 17.2 Å². The number of nitrogens with two attached hydrogens (primary N) is 1. The molecule has 10 nitrogen and oxygen atoms in total. The van der Waals surface area contributed by atoms with Gasteiger partial charge in [-0.2, -0.15) is 5.26 Å². The van der Waals surface area contributed by atoms with Crippen molar-refractivity contribution in [2.75, 3.05) is 5.73 Å². The van der Waals surface area contributed by atoms with Crippen molar-refractivity contribution < 1.29 is 4.92 Å². The smallest absolute Gasteiger partial charge is 0.329 e. The van der Waals surface area contributed by atoms with Gasteiger partial charge in [0.25, 0.3) is 11.2 Å². The van der Waals surface area contributed by atoms with E-state index in [1.54, 1.807) is 0 Å². The molecule has 2 heterocycles. The van der Waals surface area contributed by atoms with Crippen LogP contribution in [0.1, 0.15) is 5.56 Å². The number of nitrogens with zero attached hydrogens (tertiary/aromatic N) is 4. The summed E-state index contributed by atoms with van der Waals surface area (Å²) in [5.74, 6) is -0.149. The van der Waals surface area contributed by atoms with Crippen LogP contribution in [0.5, 0.6) is 0 Å². The number of rotatable bonds is 2. The molecule has 124 valence electrons. The standard InChI is InChI=1S/C15H10N6O4/c1-20-13-11(14(22)19-15(20)23)10(9(6-16)12(17)18-13)7-2-4-8(5-3-7)21(24)25/h2-5H,1H3,(H2,17,18)(H,19,22,23). The quantitative estimate of drug-likeness (QED) is 0.512. The van der Waals surface area contributed by atoms with Crippen molar-refractivity contribution in [2.24, 2.45) is 7.05 Å². The van der Waals surface area contributed by atoms with E-state index in [2.05, 4.69) is 9.97 Å². The summed E-state index contributed by atoms with van der Waals surface area (Å²) in [5, 5.41) is 20.2. The Hall–Kier alpha value is -4.00. The van der Waals surface area contributed by atoms with Crippen molar-refractivity contribution in [3.05, 3.63) is 60.8 Å². The fourth-order valence-electron chi connectivity index (χ4n) is 2.54. The third-order valence-corrected chi connectivity index (χ3v) is 3.75. The lowest BCUT2D eigenvalue weighted by Crippen LogP contribution is -2.29. The molecule has 0 unspecified atom stereocenters. The number of nitrogens with one attached hydrogen (secondary N) is 1. The van der Waals surface area contributed by atoms with E-state index in [0.717, 1.165) is 4.57 Å². The molecule has 1 aromatic carbocycles.